The Morgan fingerprint density at radius 1 is 0.865 bits per heavy atom. The molecule has 1 saturated heterocycles. The molecule has 17 heteroatoms. The van der Waals surface area contributed by atoms with Gasteiger partial charge < -0.3 is 37.0 Å². The van der Waals surface area contributed by atoms with Gasteiger partial charge in [0.15, 0.2) is 22.5 Å². The first kappa shape index (κ1) is 55.1. The molecule has 0 N–H and O–H groups in total. The molecule has 4 aromatic carbocycles. The second-order valence-electron chi connectivity index (χ2n) is 20.9. The number of carbonyl (C=O) groups excluding carboxylic acids is 1. The van der Waals surface area contributed by atoms with Crippen molar-refractivity contribution in [1.29, 1.82) is 5.26 Å². The smallest absolute Gasteiger partial charge is 0.259 e. The van der Waals surface area contributed by atoms with Crippen molar-refractivity contribution in [2.45, 2.75) is 128 Å². The highest BCUT2D eigenvalue weighted by Gasteiger charge is 2.54. The molecule has 14 nitrogen and oxygen atoms in total. The van der Waals surface area contributed by atoms with Gasteiger partial charge in [-0.3, -0.25) is 14.4 Å². The number of hydrogen-bond donors (Lipinski definition) is 0. The molecule has 4 heterocycles. The molecular weight excluding hydrogens is 987 g/mol. The van der Waals surface area contributed by atoms with Crippen LogP contribution in [0, 0.1) is 11.3 Å². The van der Waals surface area contributed by atoms with Gasteiger partial charge in [0.25, 0.3) is 5.91 Å². The molecule has 0 bridgehead atoms. The van der Waals surface area contributed by atoms with Gasteiger partial charge in [-0.05, 0) is 117 Å². The van der Waals surface area contributed by atoms with Crippen LogP contribution in [0.25, 0.3) is 11.0 Å². The molecule has 0 spiro atoms. The van der Waals surface area contributed by atoms with Crippen molar-refractivity contribution < 1.29 is 37.2 Å². The van der Waals surface area contributed by atoms with Crippen molar-refractivity contribution >= 4 is 47.6 Å². The molecule has 2 unspecified atom stereocenters. The minimum Gasteiger partial charge on any atom is -0.497 e. The molecule has 1 fully saturated rings. The molecular formula is C57H72N6O8P2Si. The minimum absolute atomic E-state index is 0.0624. The fourth-order valence-corrected chi connectivity index (χ4v) is 15.7. The number of aromatic nitrogens is 3. The second-order valence-corrected chi connectivity index (χ2v) is 29.0. The average Bonchev–Trinajstić information content (AvgIpc) is 3.86. The zero-order chi connectivity index (χ0) is 52.8. The molecule has 0 aliphatic carbocycles. The molecule has 2 aromatic heterocycles. The normalized spacial score (nSPS) is 18.9. The summed E-state index contributed by atoms with van der Waals surface area (Å²) in [6, 6.07) is 38.1. The van der Waals surface area contributed by atoms with Crippen LogP contribution in [0.4, 0.5) is 5.82 Å². The molecule has 2 aliphatic rings. The summed E-state index contributed by atoms with van der Waals surface area (Å²) >= 11 is 0. The first-order valence-electron chi connectivity index (χ1n) is 25.6. The highest BCUT2D eigenvalue weighted by molar-refractivity contribution is 8.15. The van der Waals surface area contributed by atoms with Gasteiger partial charge in [-0.1, -0.05) is 93.6 Å². The summed E-state index contributed by atoms with van der Waals surface area (Å²) in [6.07, 6.45) is 2.52. The van der Waals surface area contributed by atoms with Crippen molar-refractivity contribution in [3.63, 3.8) is 0 Å². The van der Waals surface area contributed by atoms with Crippen LogP contribution < -0.4 is 14.4 Å². The number of amides is 1. The second kappa shape index (κ2) is 23.8. The fourth-order valence-electron chi connectivity index (χ4n) is 9.77. The summed E-state index contributed by atoms with van der Waals surface area (Å²) < 4.78 is 52.7. The van der Waals surface area contributed by atoms with Crippen LogP contribution >= 0.6 is 16.5 Å². The molecule has 6 aromatic rings. The minimum atomic E-state index is -2.62. The van der Waals surface area contributed by atoms with E-state index in [4.69, 9.17) is 42.4 Å². The third-order valence-electron chi connectivity index (χ3n) is 14.4. The van der Waals surface area contributed by atoms with Crippen molar-refractivity contribution in [1.82, 2.24) is 19.2 Å². The molecule has 392 valence electrons. The maximum Gasteiger partial charge on any atom is 0.259 e. The number of benzene rings is 4. The number of ether oxygens (including phenoxy) is 4. The lowest BCUT2D eigenvalue weighted by Crippen LogP contribution is -2.49. The number of anilines is 1. The van der Waals surface area contributed by atoms with Crippen molar-refractivity contribution in [2.24, 2.45) is 0 Å². The highest BCUT2D eigenvalue weighted by atomic mass is 32.1. The van der Waals surface area contributed by atoms with Crippen LogP contribution in [0.2, 0.25) is 18.1 Å². The molecule has 74 heavy (non-hydrogen) atoms. The van der Waals surface area contributed by atoms with E-state index in [-0.39, 0.29) is 51.2 Å². The molecule has 0 saturated carbocycles. The van der Waals surface area contributed by atoms with Crippen LogP contribution in [0.15, 0.2) is 122 Å². The van der Waals surface area contributed by atoms with Crippen LogP contribution in [0.3, 0.4) is 0 Å². The Kier molecular flexibility index (Phi) is 17.8. The Labute approximate surface area is 441 Å². The number of aryl methyl sites for hydroxylation is 1. The van der Waals surface area contributed by atoms with Gasteiger partial charge in [-0.25, -0.2) is 9.97 Å². The summed E-state index contributed by atoms with van der Waals surface area (Å²) in [4.78, 5) is 25.9. The number of nitriles is 1. The first-order chi connectivity index (χ1) is 35.5. The molecule has 0 radical (unpaired) electrons. The lowest BCUT2D eigenvalue weighted by molar-refractivity contribution is -0.0910. The number of carbonyl (C=O) groups is 1. The Morgan fingerprint density at radius 3 is 2.03 bits per heavy atom. The predicted molar refractivity (Wildman–Crippen MR) is 297 cm³/mol. The van der Waals surface area contributed by atoms with Gasteiger partial charge in [0, 0.05) is 30.4 Å². The number of methoxy groups -OCH3 is 2. The van der Waals surface area contributed by atoms with E-state index in [9.17, 15) is 10.1 Å². The molecule has 2 aliphatic heterocycles. The van der Waals surface area contributed by atoms with E-state index in [0.29, 0.717) is 30.0 Å². The van der Waals surface area contributed by atoms with Crippen LogP contribution in [-0.4, -0.2) is 97.8 Å². The highest BCUT2D eigenvalue weighted by Crippen LogP contribution is 2.63. The van der Waals surface area contributed by atoms with Gasteiger partial charge >= 0.3 is 0 Å². The van der Waals surface area contributed by atoms with E-state index in [2.05, 4.69) is 95.2 Å². The van der Waals surface area contributed by atoms with Crippen LogP contribution in [0.1, 0.15) is 100 Å². The Hall–Kier alpha value is -5.10. The largest absolute Gasteiger partial charge is 0.497 e. The summed E-state index contributed by atoms with van der Waals surface area (Å²) in [5.41, 5.74) is 3.76. The summed E-state index contributed by atoms with van der Waals surface area (Å²) in [7, 11) is -0.783. The van der Waals surface area contributed by atoms with E-state index >= 15 is 0 Å². The fraction of sp³-hybridized carbons (Fsp3) is 0.439. The van der Waals surface area contributed by atoms with E-state index in [1.807, 2.05) is 97.1 Å². The van der Waals surface area contributed by atoms with Gasteiger partial charge in [0.2, 0.25) is 0 Å². The number of hydrogen-bond acceptors (Lipinski definition) is 12. The van der Waals surface area contributed by atoms with E-state index in [1.165, 1.54) is 0 Å². The molecule has 1 amide bonds. The van der Waals surface area contributed by atoms with E-state index in [0.717, 1.165) is 45.6 Å². The molecule has 6 atom stereocenters. The Balaban J connectivity index is 1.30. The van der Waals surface area contributed by atoms with Crippen molar-refractivity contribution in [3.8, 4) is 17.6 Å². The van der Waals surface area contributed by atoms with Crippen molar-refractivity contribution in [2.75, 3.05) is 38.9 Å². The first-order valence-corrected chi connectivity index (χ1v) is 31.4. The monoisotopic (exact) mass is 1060 g/mol. The zero-order valence-corrected chi connectivity index (χ0v) is 47.5. The van der Waals surface area contributed by atoms with Gasteiger partial charge in [0.1, 0.15) is 53.2 Å². The van der Waals surface area contributed by atoms with Crippen LogP contribution in [0.5, 0.6) is 11.5 Å². The number of rotatable bonds is 21. The topological polar surface area (TPSA) is 143 Å². The predicted octanol–water partition coefficient (Wildman–Crippen LogP) is 12.6. The third-order valence-corrected chi connectivity index (χ3v) is 23.1. The van der Waals surface area contributed by atoms with Gasteiger partial charge in [-0.2, -0.15) is 5.26 Å². The van der Waals surface area contributed by atoms with E-state index in [1.54, 1.807) is 25.4 Å². The summed E-state index contributed by atoms with van der Waals surface area (Å²) in [5, 5.41) is 10.2. The summed E-state index contributed by atoms with van der Waals surface area (Å²) in [6.45, 7) is 20.7. The maximum atomic E-state index is 14.3. The third kappa shape index (κ3) is 11.5. The van der Waals surface area contributed by atoms with Crippen molar-refractivity contribution in [3.05, 3.63) is 150 Å². The quantitative estimate of drug-likeness (QED) is 0.0293. The van der Waals surface area contributed by atoms with E-state index < -0.39 is 46.4 Å². The Bertz CT molecular complexity index is 2790. The van der Waals surface area contributed by atoms with Gasteiger partial charge in [-0.15, -0.1) is 0 Å². The van der Waals surface area contributed by atoms with Crippen LogP contribution in [-0.2, 0) is 35.0 Å². The lowest BCUT2D eigenvalue weighted by Gasteiger charge is -2.41. The Morgan fingerprint density at radius 2 is 1.46 bits per heavy atom. The average molecular weight is 1060 g/mol. The van der Waals surface area contributed by atoms with Gasteiger partial charge in [0.05, 0.1) is 53.8 Å². The standard InChI is InChI=1S/C57H72N6O8P2Si/c1-39(2)63(40(3)4)73(68-35-19-33-58)72-70-50-48(37-67-57(43-23-16-13-17-24-43,44-25-29-46(65-8)30-26-44)45-27-31-47(66-9)32-28-45)69-55(51(50)71-74(10,11)56(5,6)7)62-36-42-22-18-34-61(52-49(42)53(62)60-38-59-52)54(64)41-20-14-12-15-21-41/h12-17,20-21,23-32,36,38-40,48,50-51,55,72H,18-19,22,34-35,37H2,1-11H3/t48-,50-,51-,55-,73?/m1/s1. The SMILES string of the molecule is COc1ccc(C(OC[C@H]2O[C@@H](n3cc4c5c(ncnc53)N(C(=O)c3ccccc3)CCC4)[C@H](O[Si](C)(C)C(C)(C)C)[C@@H]2OPP(OCCC#N)N(C(C)C)C(C)C)(c2ccccc2)c2ccc(OC)cc2)cc1. The summed E-state index contributed by atoms with van der Waals surface area (Å²) in [5.74, 6) is 1.89. The molecule has 8 rings (SSSR count). The maximum absolute atomic E-state index is 14.3. The lowest BCUT2D eigenvalue weighted by atomic mass is 9.80. The number of nitrogens with zero attached hydrogens (tertiary/aromatic N) is 6. The zero-order valence-electron chi connectivity index (χ0n) is 44.7.